The zero-order valence-electron chi connectivity index (χ0n) is 13.6. The number of carbonyl (C=O) groups excluding carboxylic acids is 1. The number of pyridine rings is 1. The molecule has 0 unspecified atom stereocenters. The van der Waals surface area contributed by atoms with Gasteiger partial charge in [-0.3, -0.25) is 9.36 Å². The summed E-state index contributed by atoms with van der Waals surface area (Å²) in [5.41, 5.74) is 2.08. The van der Waals surface area contributed by atoms with Crippen molar-refractivity contribution in [2.75, 3.05) is 13.1 Å². The minimum atomic E-state index is 0.0478. The van der Waals surface area contributed by atoms with Crippen LogP contribution in [0.3, 0.4) is 0 Å². The molecule has 3 aromatic rings. The molecule has 3 aromatic heterocycles. The lowest BCUT2D eigenvalue weighted by atomic mass is 10.1. The van der Waals surface area contributed by atoms with Gasteiger partial charge in [0, 0.05) is 30.9 Å². The first-order chi connectivity index (χ1) is 12.3. The molecule has 7 nitrogen and oxygen atoms in total. The van der Waals surface area contributed by atoms with E-state index in [2.05, 4.69) is 19.8 Å². The molecule has 25 heavy (non-hydrogen) atoms. The van der Waals surface area contributed by atoms with Gasteiger partial charge in [0.2, 0.25) is 0 Å². The minimum Gasteiger partial charge on any atom is -0.394 e. The van der Waals surface area contributed by atoms with Crippen LogP contribution >= 0.6 is 0 Å². The predicted octanol–water partition coefficient (Wildman–Crippen LogP) is 2.99. The van der Waals surface area contributed by atoms with Crippen molar-refractivity contribution in [1.82, 2.24) is 24.4 Å². The van der Waals surface area contributed by atoms with E-state index in [4.69, 9.17) is 6.57 Å². The number of aromatic nitrogens is 4. The van der Waals surface area contributed by atoms with Gasteiger partial charge in [0.25, 0.3) is 5.91 Å². The quantitative estimate of drug-likeness (QED) is 0.677. The van der Waals surface area contributed by atoms with Crippen LogP contribution in [0.4, 0.5) is 5.95 Å². The zero-order chi connectivity index (χ0) is 17.2. The van der Waals surface area contributed by atoms with E-state index in [0.717, 1.165) is 42.7 Å². The monoisotopic (exact) mass is 332 g/mol. The minimum absolute atomic E-state index is 0.0478. The van der Waals surface area contributed by atoms with Crippen molar-refractivity contribution in [2.24, 2.45) is 0 Å². The molecule has 0 spiro atoms. The van der Waals surface area contributed by atoms with Crippen molar-refractivity contribution < 1.29 is 4.79 Å². The molecule has 1 amide bonds. The highest BCUT2D eigenvalue weighted by Crippen LogP contribution is 2.21. The van der Waals surface area contributed by atoms with Crippen molar-refractivity contribution in [3.8, 4) is 5.69 Å². The molecule has 4 rings (SSSR count). The van der Waals surface area contributed by atoms with E-state index in [9.17, 15) is 4.79 Å². The Hall–Kier alpha value is -3.27. The molecule has 124 valence electrons. The average molecular weight is 332 g/mol. The van der Waals surface area contributed by atoms with Gasteiger partial charge in [-0.05, 0) is 31.4 Å². The summed E-state index contributed by atoms with van der Waals surface area (Å²) in [7, 11) is 0. The Kier molecular flexibility index (Phi) is 3.86. The summed E-state index contributed by atoms with van der Waals surface area (Å²) in [6.07, 6.45) is 10.0. The number of likely N-dealkylation sites (tertiary alicyclic amines) is 1. The van der Waals surface area contributed by atoms with Gasteiger partial charge in [-0.25, -0.2) is 4.98 Å². The zero-order valence-corrected chi connectivity index (χ0v) is 13.6. The molecule has 0 N–H and O–H groups in total. The first kappa shape index (κ1) is 15.3. The largest absolute Gasteiger partial charge is 0.394 e. The van der Waals surface area contributed by atoms with E-state index in [1.807, 2.05) is 27.8 Å². The normalized spacial score (nSPS) is 14.4. The molecule has 0 aliphatic carbocycles. The van der Waals surface area contributed by atoms with Gasteiger partial charge < -0.3 is 9.74 Å². The van der Waals surface area contributed by atoms with Crippen LogP contribution in [0.25, 0.3) is 21.6 Å². The molecule has 7 heteroatoms. The highest BCUT2D eigenvalue weighted by Gasteiger charge is 2.19. The van der Waals surface area contributed by atoms with E-state index in [1.165, 1.54) is 6.42 Å². The third-order valence-electron chi connectivity index (χ3n) is 4.42. The Morgan fingerprint density at radius 3 is 2.56 bits per heavy atom. The molecule has 1 saturated heterocycles. The first-order valence-corrected chi connectivity index (χ1v) is 8.22. The van der Waals surface area contributed by atoms with Gasteiger partial charge >= 0.3 is 5.95 Å². The molecule has 0 atom stereocenters. The summed E-state index contributed by atoms with van der Waals surface area (Å²) in [6, 6.07) is 3.79. The summed E-state index contributed by atoms with van der Waals surface area (Å²) in [5, 5.41) is 0.886. The summed E-state index contributed by atoms with van der Waals surface area (Å²) in [4.78, 5) is 30.2. The maximum Gasteiger partial charge on any atom is 0.371 e. The fourth-order valence-electron chi connectivity index (χ4n) is 3.13. The standard InChI is InChI=1S/C18H16N6O/c1-19-18-21-11-15(12-22-18)24-8-5-13-9-14(10-20-16(13)24)17(25)23-6-3-2-4-7-23/h5,8-12H,2-4,6-7H2. The summed E-state index contributed by atoms with van der Waals surface area (Å²) in [5.74, 6) is 0.161. The van der Waals surface area contributed by atoms with Gasteiger partial charge in [-0.15, -0.1) is 6.57 Å². The summed E-state index contributed by atoms with van der Waals surface area (Å²) < 4.78 is 1.85. The molecule has 0 bridgehead atoms. The molecule has 0 saturated carbocycles. The van der Waals surface area contributed by atoms with E-state index < -0.39 is 0 Å². The second-order valence-electron chi connectivity index (χ2n) is 6.03. The van der Waals surface area contributed by atoms with E-state index in [0.29, 0.717) is 5.56 Å². The average Bonchev–Trinajstić information content (AvgIpc) is 3.11. The number of carbonyl (C=O) groups is 1. The number of fused-ring (bicyclic) bond motifs is 1. The van der Waals surface area contributed by atoms with Crippen molar-refractivity contribution in [1.29, 1.82) is 0 Å². The highest BCUT2D eigenvalue weighted by atomic mass is 16.2. The lowest BCUT2D eigenvalue weighted by Crippen LogP contribution is -2.35. The van der Waals surface area contributed by atoms with Crippen LogP contribution in [-0.2, 0) is 0 Å². The maximum atomic E-state index is 12.6. The summed E-state index contributed by atoms with van der Waals surface area (Å²) >= 11 is 0. The molecule has 0 aromatic carbocycles. The van der Waals surface area contributed by atoms with Gasteiger partial charge in [-0.2, -0.15) is 9.97 Å². The fourth-order valence-corrected chi connectivity index (χ4v) is 3.13. The SMILES string of the molecule is [C-]#[N+]c1ncc(-n2ccc3cc(C(=O)N4CCCCC4)cnc32)cn1. The first-order valence-electron chi connectivity index (χ1n) is 8.22. The molecule has 1 aliphatic rings. The van der Waals surface area contributed by atoms with Crippen LogP contribution in [0.2, 0.25) is 0 Å². The van der Waals surface area contributed by atoms with E-state index in [1.54, 1.807) is 18.6 Å². The summed E-state index contributed by atoms with van der Waals surface area (Å²) in [6.45, 7) is 8.56. The second kappa shape index (κ2) is 6.32. The van der Waals surface area contributed by atoms with Gasteiger partial charge in [0.05, 0.1) is 5.56 Å². The van der Waals surface area contributed by atoms with E-state index >= 15 is 0 Å². The predicted molar refractivity (Wildman–Crippen MR) is 92.7 cm³/mol. The van der Waals surface area contributed by atoms with Crippen molar-refractivity contribution in [2.45, 2.75) is 19.3 Å². The van der Waals surface area contributed by atoms with Crippen molar-refractivity contribution in [3.05, 3.63) is 53.9 Å². The third-order valence-corrected chi connectivity index (χ3v) is 4.42. The smallest absolute Gasteiger partial charge is 0.371 e. The van der Waals surface area contributed by atoms with Crippen LogP contribution in [0.1, 0.15) is 29.6 Å². The second-order valence-corrected chi connectivity index (χ2v) is 6.03. The van der Waals surface area contributed by atoms with Crippen LogP contribution in [0.5, 0.6) is 0 Å². The number of amides is 1. The molecular weight excluding hydrogens is 316 g/mol. The topological polar surface area (TPSA) is 68.3 Å². The van der Waals surface area contributed by atoms with Crippen molar-refractivity contribution in [3.63, 3.8) is 0 Å². The fraction of sp³-hybridized carbons (Fsp3) is 0.278. The van der Waals surface area contributed by atoms with Crippen molar-refractivity contribution >= 4 is 22.9 Å². The van der Waals surface area contributed by atoms with Crippen LogP contribution < -0.4 is 0 Å². The van der Waals surface area contributed by atoms with Gasteiger partial charge in [-0.1, -0.05) is 0 Å². The number of hydrogen-bond acceptors (Lipinski definition) is 4. The Morgan fingerprint density at radius 1 is 1.08 bits per heavy atom. The maximum absolute atomic E-state index is 12.6. The molecule has 1 fully saturated rings. The molecule has 1 aliphatic heterocycles. The Bertz CT molecular complexity index is 963. The Balaban J connectivity index is 1.66. The number of piperidine rings is 1. The van der Waals surface area contributed by atoms with Crippen LogP contribution in [0.15, 0.2) is 36.9 Å². The Morgan fingerprint density at radius 2 is 1.84 bits per heavy atom. The molecule has 0 radical (unpaired) electrons. The number of nitrogens with zero attached hydrogens (tertiary/aromatic N) is 6. The van der Waals surface area contributed by atoms with Crippen LogP contribution in [0, 0.1) is 6.57 Å². The highest BCUT2D eigenvalue weighted by molar-refractivity contribution is 5.97. The lowest BCUT2D eigenvalue weighted by molar-refractivity contribution is 0.0724. The van der Waals surface area contributed by atoms with Crippen LogP contribution in [-0.4, -0.2) is 43.4 Å². The van der Waals surface area contributed by atoms with E-state index in [-0.39, 0.29) is 11.9 Å². The third kappa shape index (κ3) is 2.83. The molecule has 4 heterocycles. The van der Waals surface area contributed by atoms with Gasteiger partial charge in [0.15, 0.2) is 0 Å². The Labute approximate surface area is 144 Å². The number of hydrogen-bond donors (Lipinski definition) is 0. The van der Waals surface area contributed by atoms with Gasteiger partial charge in [0.1, 0.15) is 23.7 Å². The lowest BCUT2D eigenvalue weighted by Gasteiger charge is -2.26. The molecular formula is C18H16N6O. The number of rotatable bonds is 2.